The van der Waals surface area contributed by atoms with Gasteiger partial charge in [-0.2, -0.15) is 0 Å². The number of halogens is 2. The molecular weight excluding hydrogens is 283 g/mol. The van der Waals surface area contributed by atoms with Crippen LogP contribution in [0.3, 0.4) is 0 Å². The van der Waals surface area contributed by atoms with Crippen molar-refractivity contribution in [1.82, 2.24) is 9.55 Å². The first-order chi connectivity index (χ1) is 9.54. The van der Waals surface area contributed by atoms with Crippen molar-refractivity contribution >= 4 is 11.6 Å². The minimum atomic E-state index is -0.575. The number of aromatic amines is 1. The molecule has 6 heteroatoms. The summed E-state index contributed by atoms with van der Waals surface area (Å²) in [6.45, 7) is 1.89. The first kappa shape index (κ1) is 14.5. The first-order valence-electron chi connectivity index (χ1n) is 6.29. The Kier molecular flexibility index (Phi) is 4.39. The molecule has 0 aliphatic rings. The molecule has 2 rings (SSSR count). The minimum absolute atomic E-state index is 0.0737. The number of nitrogens with one attached hydrogen (secondary N) is 1. The average Bonchev–Trinajstić information content (AvgIpc) is 2.40. The molecule has 1 aromatic carbocycles. The Hall–Kier alpha value is -1.88. The third-order valence-electron chi connectivity index (χ3n) is 3.15. The van der Waals surface area contributed by atoms with E-state index < -0.39 is 11.2 Å². The summed E-state index contributed by atoms with van der Waals surface area (Å²) in [5, 5.41) is 0.0737. The van der Waals surface area contributed by atoms with Crippen molar-refractivity contribution in [2.45, 2.75) is 26.3 Å². The molecule has 20 heavy (non-hydrogen) atoms. The first-order valence-corrected chi connectivity index (χ1v) is 6.67. The second kappa shape index (κ2) is 6.05. The highest BCUT2D eigenvalue weighted by Gasteiger charge is 2.11. The van der Waals surface area contributed by atoms with Gasteiger partial charge in [0.15, 0.2) is 0 Å². The van der Waals surface area contributed by atoms with Crippen LogP contribution >= 0.6 is 11.6 Å². The molecule has 0 saturated heterocycles. The van der Waals surface area contributed by atoms with Gasteiger partial charge in [-0.1, -0.05) is 36.7 Å². The van der Waals surface area contributed by atoms with Crippen molar-refractivity contribution < 1.29 is 4.39 Å². The Morgan fingerprint density at radius 3 is 2.65 bits per heavy atom. The summed E-state index contributed by atoms with van der Waals surface area (Å²) in [5.41, 5.74) is -0.169. The molecule has 2 aromatic rings. The molecule has 0 saturated carbocycles. The van der Waals surface area contributed by atoms with Crippen LogP contribution in [0.1, 0.15) is 18.1 Å². The van der Waals surface area contributed by atoms with Crippen LogP contribution in [0.25, 0.3) is 0 Å². The van der Waals surface area contributed by atoms with Gasteiger partial charge in [-0.25, -0.2) is 9.18 Å². The Morgan fingerprint density at radius 1 is 1.30 bits per heavy atom. The van der Waals surface area contributed by atoms with Gasteiger partial charge in [-0.05, 0) is 24.5 Å². The predicted molar refractivity (Wildman–Crippen MR) is 75.8 cm³/mol. The van der Waals surface area contributed by atoms with Gasteiger partial charge in [0.1, 0.15) is 11.0 Å². The van der Waals surface area contributed by atoms with E-state index in [4.69, 9.17) is 11.6 Å². The lowest BCUT2D eigenvalue weighted by Crippen LogP contribution is -2.37. The molecule has 0 bridgehead atoms. The topological polar surface area (TPSA) is 54.9 Å². The Bertz CT molecular complexity index is 737. The van der Waals surface area contributed by atoms with Crippen molar-refractivity contribution in [2.24, 2.45) is 0 Å². The fourth-order valence-electron chi connectivity index (χ4n) is 2.03. The molecule has 1 N–H and O–H groups in total. The number of benzene rings is 1. The second-order valence-electron chi connectivity index (χ2n) is 4.37. The third kappa shape index (κ3) is 2.82. The van der Waals surface area contributed by atoms with Crippen molar-refractivity contribution in [3.63, 3.8) is 0 Å². The predicted octanol–water partition coefficient (Wildman–Crippen LogP) is 2.13. The maximum Gasteiger partial charge on any atom is 0.329 e. The van der Waals surface area contributed by atoms with Gasteiger partial charge in [0.2, 0.25) is 0 Å². The second-order valence-corrected chi connectivity index (χ2v) is 4.75. The van der Waals surface area contributed by atoms with Gasteiger partial charge in [-0.15, -0.1) is 0 Å². The Labute approximate surface area is 119 Å². The summed E-state index contributed by atoms with van der Waals surface area (Å²) in [4.78, 5) is 26.3. The lowest BCUT2D eigenvalue weighted by Gasteiger charge is -2.08. The fourth-order valence-corrected chi connectivity index (χ4v) is 2.32. The molecule has 0 fully saturated rings. The molecule has 0 spiro atoms. The van der Waals surface area contributed by atoms with Crippen molar-refractivity contribution in [3.8, 4) is 0 Å². The van der Waals surface area contributed by atoms with E-state index in [1.165, 1.54) is 6.07 Å². The molecule has 0 amide bonds. The zero-order valence-corrected chi connectivity index (χ0v) is 11.7. The number of rotatable bonds is 4. The standard InChI is InChI=1S/C14H14ClFN2O2/c1-2-10-12(15)17-14(20)18(13(10)19)8-7-9-5-3-4-6-11(9)16/h3-6H,2,7-8H2,1H3,(H,17,20). The van der Waals surface area contributed by atoms with Crippen LogP contribution in [-0.4, -0.2) is 9.55 Å². The maximum atomic E-state index is 13.5. The van der Waals surface area contributed by atoms with E-state index in [0.717, 1.165) is 4.57 Å². The van der Waals surface area contributed by atoms with Gasteiger partial charge in [0.05, 0.1) is 5.56 Å². The highest BCUT2D eigenvalue weighted by molar-refractivity contribution is 6.30. The summed E-state index contributed by atoms with van der Waals surface area (Å²) in [7, 11) is 0. The highest BCUT2D eigenvalue weighted by atomic mass is 35.5. The summed E-state index contributed by atoms with van der Waals surface area (Å²) < 4.78 is 14.6. The highest BCUT2D eigenvalue weighted by Crippen LogP contribution is 2.08. The third-order valence-corrected chi connectivity index (χ3v) is 3.47. The number of aromatic nitrogens is 2. The normalized spacial score (nSPS) is 10.8. The molecular formula is C14H14ClFN2O2. The Morgan fingerprint density at radius 2 is 2.00 bits per heavy atom. The molecule has 1 heterocycles. The summed E-state index contributed by atoms with van der Waals surface area (Å²) >= 11 is 5.82. The van der Waals surface area contributed by atoms with Gasteiger partial charge in [0.25, 0.3) is 5.56 Å². The van der Waals surface area contributed by atoms with Crippen LogP contribution in [-0.2, 0) is 19.4 Å². The van der Waals surface area contributed by atoms with Crippen LogP contribution in [0.15, 0.2) is 33.9 Å². The number of aryl methyl sites for hydroxylation is 1. The zero-order chi connectivity index (χ0) is 14.7. The quantitative estimate of drug-likeness (QED) is 0.879. The Balaban J connectivity index is 2.33. The minimum Gasteiger partial charge on any atom is -0.297 e. The van der Waals surface area contributed by atoms with E-state index in [2.05, 4.69) is 4.98 Å². The largest absolute Gasteiger partial charge is 0.329 e. The van der Waals surface area contributed by atoms with Crippen LogP contribution in [0.2, 0.25) is 5.15 Å². The van der Waals surface area contributed by atoms with Gasteiger partial charge in [0, 0.05) is 6.54 Å². The lowest BCUT2D eigenvalue weighted by atomic mass is 10.1. The molecule has 1 aromatic heterocycles. The number of H-pyrrole nitrogens is 1. The van der Waals surface area contributed by atoms with Crippen LogP contribution in [0, 0.1) is 5.82 Å². The van der Waals surface area contributed by atoms with Crippen molar-refractivity contribution in [3.05, 3.63) is 67.2 Å². The van der Waals surface area contributed by atoms with Crippen molar-refractivity contribution in [1.29, 1.82) is 0 Å². The van der Waals surface area contributed by atoms with E-state index >= 15 is 0 Å². The monoisotopic (exact) mass is 296 g/mol. The van der Waals surface area contributed by atoms with Crippen molar-refractivity contribution in [2.75, 3.05) is 0 Å². The molecule has 106 valence electrons. The average molecular weight is 297 g/mol. The summed E-state index contributed by atoms with van der Waals surface area (Å²) in [6, 6.07) is 6.28. The number of hydrogen-bond donors (Lipinski definition) is 1. The summed E-state index contributed by atoms with van der Waals surface area (Å²) in [6.07, 6.45) is 0.689. The van der Waals surface area contributed by atoms with Gasteiger partial charge >= 0.3 is 5.69 Å². The zero-order valence-electron chi connectivity index (χ0n) is 11.0. The smallest absolute Gasteiger partial charge is 0.297 e. The van der Waals surface area contributed by atoms with E-state index in [1.807, 2.05) is 0 Å². The molecule has 0 radical (unpaired) electrons. The van der Waals surface area contributed by atoms with E-state index in [-0.39, 0.29) is 23.9 Å². The number of hydrogen-bond acceptors (Lipinski definition) is 2. The van der Waals surface area contributed by atoms with Gasteiger partial charge in [-0.3, -0.25) is 14.3 Å². The maximum absolute atomic E-state index is 13.5. The van der Waals surface area contributed by atoms with Crippen LogP contribution < -0.4 is 11.2 Å². The van der Waals surface area contributed by atoms with E-state index in [0.29, 0.717) is 17.5 Å². The van der Waals surface area contributed by atoms with Crippen LogP contribution in [0.4, 0.5) is 4.39 Å². The SMILES string of the molecule is CCc1c(Cl)[nH]c(=O)n(CCc2ccccc2F)c1=O. The molecule has 0 unspecified atom stereocenters. The van der Waals surface area contributed by atoms with Gasteiger partial charge < -0.3 is 0 Å². The fraction of sp³-hybridized carbons (Fsp3) is 0.286. The van der Waals surface area contributed by atoms with E-state index in [1.54, 1.807) is 25.1 Å². The molecule has 0 atom stereocenters. The molecule has 0 aliphatic heterocycles. The van der Waals surface area contributed by atoms with E-state index in [9.17, 15) is 14.0 Å². The lowest BCUT2D eigenvalue weighted by molar-refractivity contribution is 0.575. The number of nitrogens with zero attached hydrogens (tertiary/aromatic N) is 1. The summed E-state index contributed by atoms with van der Waals surface area (Å²) in [5.74, 6) is -0.346. The molecule has 4 nitrogen and oxygen atoms in total. The molecule has 0 aliphatic carbocycles. The van der Waals surface area contributed by atoms with Crippen LogP contribution in [0.5, 0.6) is 0 Å².